The van der Waals surface area contributed by atoms with E-state index in [0.717, 1.165) is 11.1 Å². The lowest BCUT2D eigenvalue weighted by Gasteiger charge is -2.31. The minimum atomic E-state index is -0.572. The molecule has 0 heterocycles. The molecule has 0 saturated carbocycles. The van der Waals surface area contributed by atoms with Gasteiger partial charge in [0, 0.05) is 24.5 Å². The summed E-state index contributed by atoms with van der Waals surface area (Å²) in [5.74, 6) is 1.46. The Hall–Kier alpha value is -2.73. The maximum absolute atomic E-state index is 13.5. The van der Waals surface area contributed by atoms with E-state index in [2.05, 4.69) is 5.32 Å². The van der Waals surface area contributed by atoms with Crippen molar-refractivity contribution < 1.29 is 19.1 Å². The standard InChI is InChI=1S/C28H39ClN2O4/c1-6-24(28(33)30-18-20(4)5)31(19-22-11-9-10-12-23(22)29)27(32)16-14-21-13-15-25(34-7-2)26(17-21)35-8-3/h9-13,15,17,20,24H,6-8,14,16,18-19H2,1-5H3,(H,30,33)/t24-/m1/s1. The van der Waals surface area contributed by atoms with Gasteiger partial charge in [0.15, 0.2) is 11.5 Å². The Labute approximate surface area is 214 Å². The second-order valence-corrected chi connectivity index (χ2v) is 9.23. The van der Waals surface area contributed by atoms with Crippen LogP contribution in [0.4, 0.5) is 0 Å². The van der Waals surface area contributed by atoms with Crippen LogP contribution in [0.3, 0.4) is 0 Å². The molecule has 0 aliphatic heterocycles. The molecule has 0 fully saturated rings. The first-order chi connectivity index (χ1) is 16.8. The third kappa shape index (κ3) is 8.77. The lowest BCUT2D eigenvalue weighted by molar-refractivity contribution is -0.141. The topological polar surface area (TPSA) is 67.9 Å². The lowest BCUT2D eigenvalue weighted by atomic mass is 10.1. The molecule has 0 spiro atoms. The van der Waals surface area contributed by atoms with Gasteiger partial charge in [-0.3, -0.25) is 9.59 Å². The molecule has 7 heteroatoms. The summed E-state index contributed by atoms with van der Waals surface area (Å²) in [4.78, 5) is 28.2. The second kappa shape index (κ2) is 14.6. The largest absolute Gasteiger partial charge is 0.490 e. The van der Waals surface area contributed by atoms with Crippen molar-refractivity contribution >= 4 is 23.4 Å². The van der Waals surface area contributed by atoms with E-state index in [1.54, 1.807) is 11.0 Å². The van der Waals surface area contributed by atoms with Crippen LogP contribution in [0.5, 0.6) is 11.5 Å². The van der Waals surface area contributed by atoms with Crippen molar-refractivity contribution in [2.24, 2.45) is 5.92 Å². The van der Waals surface area contributed by atoms with Crippen LogP contribution < -0.4 is 14.8 Å². The molecule has 35 heavy (non-hydrogen) atoms. The van der Waals surface area contributed by atoms with E-state index in [1.807, 2.05) is 71.0 Å². The maximum atomic E-state index is 13.5. The summed E-state index contributed by atoms with van der Waals surface area (Å²) in [6.07, 6.45) is 1.30. The van der Waals surface area contributed by atoms with Crippen LogP contribution in [-0.4, -0.2) is 42.5 Å². The van der Waals surface area contributed by atoms with Gasteiger partial charge >= 0.3 is 0 Å². The molecule has 192 valence electrons. The number of nitrogens with zero attached hydrogens (tertiary/aromatic N) is 1. The molecule has 2 aromatic rings. The van der Waals surface area contributed by atoms with Gasteiger partial charge in [-0.2, -0.15) is 0 Å². The van der Waals surface area contributed by atoms with Gasteiger partial charge in [0.05, 0.1) is 13.2 Å². The Morgan fingerprint density at radius 2 is 1.69 bits per heavy atom. The highest BCUT2D eigenvalue weighted by Gasteiger charge is 2.29. The van der Waals surface area contributed by atoms with Crippen LogP contribution in [0.25, 0.3) is 0 Å². The number of halogens is 1. The smallest absolute Gasteiger partial charge is 0.242 e. The lowest BCUT2D eigenvalue weighted by Crippen LogP contribution is -2.49. The van der Waals surface area contributed by atoms with Gasteiger partial charge in [0.25, 0.3) is 0 Å². The first-order valence-corrected chi connectivity index (χ1v) is 12.9. The highest BCUT2D eigenvalue weighted by atomic mass is 35.5. The van der Waals surface area contributed by atoms with Crippen LogP contribution in [0.1, 0.15) is 58.6 Å². The van der Waals surface area contributed by atoms with Gasteiger partial charge in [-0.25, -0.2) is 0 Å². The highest BCUT2D eigenvalue weighted by Crippen LogP contribution is 2.29. The van der Waals surface area contributed by atoms with Gasteiger partial charge in [-0.15, -0.1) is 0 Å². The third-order valence-electron chi connectivity index (χ3n) is 5.60. The fourth-order valence-electron chi connectivity index (χ4n) is 3.80. The first-order valence-electron chi connectivity index (χ1n) is 12.5. The number of hydrogen-bond acceptors (Lipinski definition) is 4. The van der Waals surface area contributed by atoms with E-state index in [0.29, 0.717) is 55.0 Å². The summed E-state index contributed by atoms with van der Waals surface area (Å²) in [6.45, 7) is 11.8. The summed E-state index contributed by atoms with van der Waals surface area (Å²) in [7, 11) is 0. The van der Waals surface area contributed by atoms with E-state index in [-0.39, 0.29) is 24.8 Å². The Morgan fingerprint density at radius 1 is 1.00 bits per heavy atom. The van der Waals surface area contributed by atoms with Crippen molar-refractivity contribution in [3.63, 3.8) is 0 Å². The summed E-state index contributed by atoms with van der Waals surface area (Å²) < 4.78 is 11.4. The molecule has 0 unspecified atom stereocenters. The molecule has 0 saturated heterocycles. The summed E-state index contributed by atoms with van der Waals surface area (Å²) in [5, 5.41) is 3.57. The van der Waals surface area contributed by atoms with E-state index in [4.69, 9.17) is 21.1 Å². The van der Waals surface area contributed by atoms with E-state index >= 15 is 0 Å². The Balaban J connectivity index is 2.23. The van der Waals surface area contributed by atoms with E-state index < -0.39 is 6.04 Å². The normalized spacial score (nSPS) is 11.7. The Morgan fingerprint density at radius 3 is 2.31 bits per heavy atom. The summed E-state index contributed by atoms with van der Waals surface area (Å²) in [5.41, 5.74) is 1.79. The Kier molecular flexibility index (Phi) is 11.9. The van der Waals surface area contributed by atoms with Crippen LogP contribution in [0, 0.1) is 5.92 Å². The number of hydrogen-bond donors (Lipinski definition) is 1. The van der Waals surface area contributed by atoms with Crippen molar-refractivity contribution in [1.29, 1.82) is 0 Å². The molecule has 2 rings (SSSR count). The molecule has 0 bridgehead atoms. The van der Waals surface area contributed by atoms with E-state index in [9.17, 15) is 9.59 Å². The minimum absolute atomic E-state index is 0.0942. The average Bonchev–Trinajstić information content (AvgIpc) is 2.84. The first kappa shape index (κ1) is 28.5. The van der Waals surface area contributed by atoms with Crippen LogP contribution in [0.15, 0.2) is 42.5 Å². The molecule has 0 aliphatic carbocycles. The number of benzene rings is 2. The SMILES string of the molecule is CCOc1ccc(CCC(=O)N(Cc2ccccc2Cl)[C@H](CC)C(=O)NCC(C)C)cc1OCC. The molecule has 1 N–H and O–H groups in total. The van der Waals surface area contributed by atoms with Gasteiger partial charge in [-0.05, 0) is 61.9 Å². The zero-order chi connectivity index (χ0) is 25.8. The molecule has 2 aromatic carbocycles. The number of ether oxygens (including phenoxy) is 2. The third-order valence-corrected chi connectivity index (χ3v) is 5.97. The molecule has 0 aromatic heterocycles. The Bertz CT molecular complexity index is 964. The summed E-state index contributed by atoms with van der Waals surface area (Å²) >= 11 is 6.40. The molecule has 1 atom stereocenters. The number of rotatable bonds is 14. The van der Waals surface area contributed by atoms with Gasteiger partial charge in [-0.1, -0.05) is 56.6 Å². The average molecular weight is 503 g/mol. The van der Waals surface area contributed by atoms with Crippen molar-refractivity contribution in [3.05, 3.63) is 58.6 Å². The van der Waals surface area contributed by atoms with Crippen molar-refractivity contribution in [1.82, 2.24) is 10.2 Å². The fraction of sp³-hybridized carbons (Fsp3) is 0.500. The van der Waals surface area contributed by atoms with Crippen molar-refractivity contribution in [2.75, 3.05) is 19.8 Å². The minimum Gasteiger partial charge on any atom is -0.490 e. The quantitative estimate of drug-likeness (QED) is 0.362. The van der Waals surface area contributed by atoms with Gasteiger partial charge in [0.1, 0.15) is 6.04 Å². The van der Waals surface area contributed by atoms with Crippen LogP contribution in [0.2, 0.25) is 5.02 Å². The van der Waals surface area contributed by atoms with Crippen molar-refractivity contribution in [3.8, 4) is 11.5 Å². The number of aryl methyl sites for hydroxylation is 1. The molecule has 6 nitrogen and oxygen atoms in total. The number of carbonyl (C=O) groups excluding carboxylic acids is 2. The molecule has 2 amide bonds. The predicted molar refractivity (Wildman–Crippen MR) is 141 cm³/mol. The molecule has 0 radical (unpaired) electrons. The molecular formula is C28H39ClN2O4. The second-order valence-electron chi connectivity index (χ2n) is 8.82. The number of carbonyl (C=O) groups is 2. The van der Waals surface area contributed by atoms with E-state index in [1.165, 1.54) is 0 Å². The zero-order valence-electron chi connectivity index (χ0n) is 21.6. The van der Waals surface area contributed by atoms with Crippen molar-refractivity contribution in [2.45, 2.75) is 66.5 Å². The predicted octanol–water partition coefficient (Wildman–Crippen LogP) is 5.65. The summed E-state index contributed by atoms with van der Waals surface area (Å²) in [6, 6.07) is 12.6. The van der Waals surface area contributed by atoms with Gasteiger partial charge in [0.2, 0.25) is 11.8 Å². The monoisotopic (exact) mass is 502 g/mol. The number of nitrogens with one attached hydrogen (secondary N) is 1. The van der Waals surface area contributed by atoms with Crippen LogP contribution in [-0.2, 0) is 22.6 Å². The zero-order valence-corrected chi connectivity index (χ0v) is 22.4. The number of amides is 2. The maximum Gasteiger partial charge on any atom is 0.242 e. The molecule has 0 aliphatic rings. The van der Waals surface area contributed by atoms with Gasteiger partial charge < -0.3 is 19.7 Å². The fourth-order valence-corrected chi connectivity index (χ4v) is 3.99. The highest BCUT2D eigenvalue weighted by molar-refractivity contribution is 6.31. The van der Waals surface area contributed by atoms with Crippen LogP contribution >= 0.6 is 11.6 Å². The molecular weight excluding hydrogens is 464 g/mol.